The van der Waals surface area contributed by atoms with Crippen LogP contribution in [-0.2, 0) is 29.2 Å². The summed E-state index contributed by atoms with van der Waals surface area (Å²) < 4.78 is 28.2. The molecule has 4 N–H and O–H groups in total. The molecule has 14 heteroatoms. The van der Waals surface area contributed by atoms with E-state index in [1.165, 1.54) is 9.21 Å². The second-order valence-corrected chi connectivity index (χ2v) is 19.3. The molecule has 4 aliphatic carbocycles. The van der Waals surface area contributed by atoms with Gasteiger partial charge in [0.2, 0.25) is 27.6 Å². The molecule has 5 rings (SSSR count). The summed E-state index contributed by atoms with van der Waals surface area (Å²) in [5.41, 5.74) is -1.71. The maximum atomic E-state index is 14.5. The molecular weight excluding hydrogens is 660 g/mol. The van der Waals surface area contributed by atoms with Gasteiger partial charge >= 0.3 is 6.03 Å². The summed E-state index contributed by atoms with van der Waals surface area (Å²) in [5, 5.41) is 11.6. The summed E-state index contributed by atoms with van der Waals surface area (Å²) in [5.74, 6) is -2.27. The Bertz CT molecular complexity index is 1410. The highest BCUT2D eigenvalue weighted by molar-refractivity contribution is 7.89. The lowest BCUT2D eigenvalue weighted by Gasteiger charge is -2.40. The van der Waals surface area contributed by atoms with E-state index in [0.717, 1.165) is 57.8 Å². The summed E-state index contributed by atoms with van der Waals surface area (Å²) in [6, 6.07) is -3.46. The molecule has 1 heterocycles. The van der Waals surface area contributed by atoms with E-state index in [1.807, 2.05) is 34.6 Å². The lowest BCUT2D eigenvalue weighted by Crippen LogP contribution is -2.64. The molecule has 0 aromatic rings. The first kappa shape index (κ1) is 38.5. The summed E-state index contributed by atoms with van der Waals surface area (Å²) in [6.07, 6.45) is 9.79. The number of nitrogens with zero attached hydrogens (tertiary/aromatic N) is 2. The van der Waals surface area contributed by atoms with E-state index in [-0.39, 0.29) is 35.6 Å². The van der Waals surface area contributed by atoms with Crippen LogP contribution in [0.15, 0.2) is 0 Å². The molecule has 0 aromatic heterocycles. The quantitative estimate of drug-likeness (QED) is 0.188. The highest BCUT2D eigenvalue weighted by atomic mass is 32.2. The Balaban J connectivity index is 1.32. The number of ketones is 1. The van der Waals surface area contributed by atoms with Crippen LogP contribution < -0.4 is 21.3 Å². The van der Waals surface area contributed by atoms with Crippen molar-refractivity contribution in [1.82, 2.24) is 30.5 Å². The topological polar surface area (TPSA) is 174 Å². The first-order chi connectivity index (χ1) is 23.4. The fourth-order valence-corrected chi connectivity index (χ4v) is 9.72. The first-order valence-corrected chi connectivity index (χ1v) is 20.5. The highest BCUT2D eigenvalue weighted by Crippen LogP contribution is 2.37. The van der Waals surface area contributed by atoms with Crippen LogP contribution in [0.3, 0.4) is 0 Å². The van der Waals surface area contributed by atoms with Gasteiger partial charge in [-0.2, -0.15) is 0 Å². The zero-order valence-corrected chi connectivity index (χ0v) is 31.7. The average Bonchev–Trinajstić information content (AvgIpc) is 3.90. The summed E-state index contributed by atoms with van der Waals surface area (Å²) >= 11 is 0. The second kappa shape index (κ2) is 15.1. The normalized spacial score (nSPS) is 25.2. The number of carbonyl (C=O) groups is 5. The van der Waals surface area contributed by atoms with Gasteiger partial charge in [-0.3, -0.25) is 19.2 Å². The molecule has 50 heavy (non-hydrogen) atoms. The second-order valence-electron chi connectivity index (χ2n) is 17.3. The Hall–Kier alpha value is -2.74. The van der Waals surface area contributed by atoms with Crippen LogP contribution in [0.2, 0.25) is 0 Å². The van der Waals surface area contributed by atoms with Gasteiger partial charge in [0.25, 0.3) is 5.91 Å². The van der Waals surface area contributed by atoms with Crippen molar-refractivity contribution in [3.63, 3.8) is 0 Å². The van der Waals surface area contributed by atoms with E-state index >= 15 is 0 Å². The molecule has 282 valence electrons. The van der Waals surface area contributed by atoms with Crippen LogP contribution in [0.1, 0.15) is 118 Å². The van der Waals surface area contributed by atoms with E-state index in [1.54, 1.807) is 7.05 Å². The van der Waals surface area contributed by atoms with Crippen molar-refractivity contribution in [3.05, 3.63) is 0 Å². The fraction of sp³-hybridized carbons (Fsp3) is 0.861. The van der Waals surface area contributed by atoms with Gasteiger partial charge in [0.1, 0.15) is 12.1 Å². The van der Waals surface area contributed by atoms with E-state index < -0.39 is 68.6 Å². The third kappa shape index (κ3) is 9.57. The average molecular weight is 721 g/mol. The SMILES string of the molecule is CC(C)[C@H]1CCN(C(=O)[C@@H](NC(=O)NC2(CS(=O)(=O)N(C)C3CC3)CCCCC2)C(C)(C)C)[C@@H]1C(=O)N[C@@H](CC1CC1)C(=O)C(=O)NC1CC1. The van der Waals surface area contributed by atoms with Crippen LogP contribution in [0.4, 0.5) is 4.79 Å². The molecule has 5 aliphatic rings. The van der Waals surface area contributed by atoms with Gasteiger partial charge < -0.3 is 26.2 Å². The summed E-state index contributed by atoms with van der Waals surface area (Å²) in [7, 11) is -2.02. The number of nitrogens with one attached hydrogen (secondary N) is 4. The minimum atomic E-state index is -3.62. The molecule has 5 amide bonds. The predicted octanol–water partition coefficient (Wildman–Crippen LogP) is 2.83. The van der Waals surface area contributed by atoms with Gasteiger partial charge in [-0.15, -0.1) is 0 Å². The van der Waals surface area contributed by atoms with Crippen LogP contribution >= 0.6 is 0 Å². The number of hydrogen-bond acceptors (Lipinski definition) is 7. The Morgan fingerprint density at radius 1 is 0.900 bits per heavy atom. The predicted molar refractivity (Wildman–Crippen MR) is 189 cm³/mol. The Labute approximate surface area is 298 Å². The van der Waals surface area contributed by atoms with Crippen LogP contribution in [0.5, 0.6) is 0 Å². The zero-order valence-electron chi connectivity index (χ0n) is 30.9. The van der Waals surface area contributed by atoms with E-state index in [0.29, 0.717) is 32.2 Å². The maximum absolute atomic E-state index is 14.5. The maximum Gasteiger partial charge on any atom is 0.315 e. The van der Waals surface area contributed by atoms with Crippen LogP contribution in [-0.4, -0.2) is 102 Å². The Morgan fingerprint density at radius 3 is 2.08 bits per heavy atom. The van der Waals surface area contributed by atoms with Crippen molar-refractivity contribution in [3.8, 4) is 0 Å². The number of likely N-dealkylation sites (tertiary alicyclic amines) is 1. The van der Waals surface area contributed by atoms with E-state index in [2.05, 4.69) is 21.3 Å². The van der Waals surface area contributed by atoms with Gasteiger partial charge in [-0.1, -0.05) is 66.7 Å². The molecule has 5 fully saturated rings. The minimum Gasteiger partial charge on any atom is -0.347 e. The number of urea groups is 1. The molecule has 1 aliphatic heterocycles. The third-order valence-corrected chi connectivity index (χ3v) is 13.5. The molecule has 4 saturated carbocycles. The molecule has 0 radical (unpaired) electrons. The van der Waals surface area contributed by atoms with Gasteiger partial charge in [0.05, 0.1) is 17.3 Å². The first-order valence-electron chi connectivity index (χ1n) is 18.9. The van der Waals surface area contributed by atoms with Crippen molar-refractivity contribution >= 4 is 39.6 Å². The van der Waals surface area contributed by atoms with Gasteiger partial charge in [0, 0.05) is 25.7 Å². The summed E-state index contributed by atoms with van der Waals surface area (Å²) in [6.45, 7) is 9.83. The van der Waals surface area contributed by atoms with Gasteiger partial charge in [-0.25, -0.2) is 17.5 Å². The molecule has 0 spiro atoms. The smallest absolute Gasteiger partial charge is 0.315 e. The van der Waals surface area contributed by atoms with E-state index in [9.17, 15) is 32.4 Å². The molecule has 0 unspecified atom stereocenters. The molecule has 1 saturated heterocycles. The molecule has 4 atom stereocenters. The lowest BCUT2D eigenvalue weighted by atomic mass is 9.83. The number of carbonyl (C=O) groups excluding carboxylic acids is 5. The standard InChI is InChI=1S/C36H60N6O7S/c1-22(2)26-16-19-42(28(26)31(44)38-27(20-23-10-11-23)29(43)32(45)37-24-12-13-24)33(46)30(35(3,4)5)39-34(47)40-36(17-8-7-9-18-36)21-50(48,49)41(6)25-14-15-25/h22-28,30H,7-21H2,1-6H3,(H,37,45)(H,38,44)(H2,39,40,47)/t26-,27+,28+,30-/m1/s1. The monoisotopic (exact) mass is 720 g/mol. The van der Waals surface area contributed by atoms with Crippen molar-refractivity contribution in [1.29, 1.82) is 0 Å². The van der Waals surface area contributed by atoms with Crippen molar-refractivity contribution in [2.45, 2.75) is 154 Å². The van der Waals surface area contributed by atoms with Gasteiger partial charge in [-0.05, 0) is 74.5 Å². The number of Topliss-reactive ketones (excluding diaryl/α,β-unsaturated/α-hetero) is 1. The minimum absolute atomic E-state index is 0.0116. The molecule has 0 bridgehead atoms. The number of amides is 5. The Kier molecular flexibility index (Phi) is 11.6. The number of sulfonamides is 1. The number of rotatable bonds is 15. The van der Waals surface area contributed by atoms with Crippen molar-refractivity contribution in [2.75, 3.05) is 19.3 Å². The Morgan fingerprint density at radius 2 is 1.54 bits per heavy atom. The largest absolute Gasteiger partial charge is 0.347 e. The molecular formula is C36H60N6O7S. The number of hydrogen-bond donors (Lipinski definition) is 4. The van der Waals surface area contributed by atoms with E-state index in [4.69, 9.17) is 0 Å². The van der Waals surface area contributed by atoms with Crippen LogP contribution in [0.25, 0.3) is 0 Å². The molecule has 13 nitrogen and oxygen atoms in total. The van der Waals surface area contributed by atoms with Crippen molar-refractivity contribution in [2.24, 2.45) is 23.2 Å². The molecule has 0 aromatic carbocycles. The summed E-state index contributed by atoms with van der Waals surface area (Å²) in [4.78, 5) is 70.0. The fourth-order valence-electron chi connectivity index (χ4n) is 7.79. The van der Waals surface area contributed by atoms with Crippen LogP contribution in [0, 0.1) is 23.2 Å². The van der Waals surface area contributed by atoms with Crippen molar-refractivity contribution < 1.29 is 32.4 Å². The lowest BCUT2D eigenvalue weighted by molar-refractivity contribution is -0.145. The highest BCUT2D eigenvalue weighted by Gasteiger charge is 2.49. The zero-order chi connectivity index (χ0) is 36.6. The third-order valence-electron chi connectivity index (χ3n) is 11.4. The van der Waals surface area contributed by atoms with Gasteiger partial charge in [0.15, 0.2) is 0 Å².